The molecule has 0 unspecified atom stereocenters. The summed E-state index contributed by atoms with van der Waals surface area (Å²) in [6, 6.07) is 15.4. The van der Waals surface area contributed by atoms with Crippen LogP contribution in [0.4, 0.5) is 17.6 Å². The van der Waals surface area contributed by atoms with Crippen molar-refractivity contribution in [3.8, 4) is 16.9 Å². The van der Waals surface area contributed by atoms with Crippen molar-refractivity contribution < 1.29 is 22.3 Å². The summed E-state index contributed by atoms with van der Waals surface area (Å²) in [5, 5.41) is 1.17. The van der Waals surface area contributed by atoms with Crippen LogP contribution in [0.25, 0.3) is 21.9 Å². The number of benzene rings is 3. The first-order chi connectivity index (χ1) is 10.4. The van der Waals surface area contributed by atoms with E-state index in [4.69, 9.17) is 0 Å². The molecule has 5 heteroatoms. The van der Waals surface area contributed by atoms with E-state index in [1.165, 1.54) is 30.3 Å². The first kappa shape index (κ1) is 14.4. The van der Waals surface area contributed by atoms with E-state index in [1.807, 2.05) is 0 Å². The maximum absolute atomic E-state index is 14.1. The zero-order valence-corrected chi connectivity index (χ0v) is 11.2. The van der Waals surface area contributed by atoms with Crippen molar-refractivity contribution in [2.75, 3.05) is 0 Å². The van der Waals surface area contributed by atoms with Gasteiger partial charge in [0, 0.05) is 5.39 Å². The first-order valence-electron chi connectivity index (χ1n) is 6.47. The summed E-state index contributed by atoms with van der Waals surface area (Å²) >= 11 is 0. The zero-order valence-electron chi connectivity index (χ0n) is 11.2. The third kappa shape index (κ3) is 2.88. The molecule has 0 fully saturated rings. The van der Waals surface area contributed by atoms with Gasteiger partial charge in [-0.15, -0.1) is 13.2 Å². The van der Waals surface area contributed by atoms with Crippen LogP contribution in [0, 0.1) is 5.82 Å². The lowest BCUT2D eigenvalue weighted by Crippen LogP contribution is -2.16. The third-order valence-corrected chi connectivity index (χ3v) is 3.25. The minimum absolute atomic E-state index is 0.308. The van der Waals surface area contributed by atoms with Gasteiger partial charge in [-0.05, 0) is 34.7 Å². The van der Waals surface area contributed by atoms with Crippen molar-refractivity contribution in [2.24, 2.45) is 0 Å². The predicted molar refractivity (Wildman–Crippen MR) is 76.0 cm³/mol. The van der Waals surface area contributed by atoms with Gasteiger partial charge in [0.2, 0.25) is 0 Å². The molecule has 0 spiro atoms. The quantitative estimate of drug-likeness (QED) is 0.564. The van der Waals surface area contributed by atoms with E-state index >= 15 is 0 Å². The highest BCUT2D eigenvalue weighted by molar-refractivity contribution is 5.97. The normalized spacial score (nSPS) is 11.6. The van der Waals surface area contributed by atoms with Crippen LogP contribution >= 0.6 is 0 Å². The maximum Gasteiger partial charge on any atom is 0.573 e. The average Bonchev–Trinajstić information content (AvgIpc) is 2.46. The van der Waals surface area contributed by atoms with E-state index in [2.05, 4.69) is 4.74 Å². The Kier molecular flexibility index (Phi) is 3.48. The number of hydrogen-bond donors (Lipinski definition) is 0. The SMILES string of the molecule is Fc1cccc2cccc(-c3ccc(OC(F)(F)F)cc3)c12. The minimum atomic E-state index is -4.73. The Balaban J connectivity index is 2.05. The zero-order chi connectivity index (χ0) is 15.7. The van der Waals surface area contributed by atoms with Crippen LogP contribution in [0.3, 0.4) is 0 Å². The summed E-state index contributed by atoms with van der Waals surface area (Å²) in [5.41, 5.74) is 1.24. The molecule has 0 saturated heterocycles. The lowest BCUT2D eigenvalue weighted by Gasteiger charge is -2.11. The Morgan fingerprint density at radius 3 is 2.05 bits per heavy atom. The lowest BCUT2D eigenvalue weighted by molar-refractivity contribution is -0.274. The standard InChI is InChI=1S/C17H10F4O/c18-15-6-2-4-12-3-1-5-14(16(12)15)11-7-9-13(10-8-11)22-17(19,20)21/h1-10H. The number of ether oxygens (including phenoxy) is 1. The van der Waals surface area contributed by atoms with Crippen LogP contribution in [0.15, 0.2) is 60.7 Å². The summed E-state index contributed by atoms with van der Waals surface area (Å²) in [6.07, 6.45) is -4.73. The van der Waals surface area contributed by atoms with E-state index < -0.39 is 6.36 Å². The molecule has 0 aromatic heterocycles. The van der Waals surface area contributed by atoms with Gasteiger partial charge in [0.25, 0.3) is 0 Å². The third-order valence-electron chi connectivity index (χ3n) is 3.25. The van der Waals surface area contributed by atoms with E-state index in [1.54, 1.807) is 30.3 Å². The molecule has 22 heavy (non-hydrogen) atoms. The maximum atomic E-state index is 14.1. The monoisotopic (exact) mass is 306 g/mol. The Labute approximate surface area is 123 Å². The fourth-order valence-corrected chi connectivity index (χ4v) is 2.37. The molecule has 0 atom stereocenters. The molecule has 0 bridgehead atoms. The topological polar surface area (TPSA) is 9.23 Å². The number of halogens is 4. The summed E-state index contributed by atoms with van der Waals surface area (Å²) < 4.78 is 54.4. The highest BCUT2D eigenvalue weighted by Gasteiger charge is 2.30. The van der Waals surface area contributed by atoms with Crippen LogP contribution in [0.1, 0.15) is 0 Å². The number of alkyl halides is 3. The van der Waals surface area contributed by atoms with Gasteiger partial charge < -0.3 is 4.74 Å². The summed E-state index contributed by atoms with van der Waals surface area (Å²) in [5.74, 6) is -0.680. The second-order valence-corrected chi connectivity index (χ2v) is 4.72. The largest absolute Gasteiger partial charge is 0.573 e. The van der Waals surface area contributed by atoms with Gasteiger partial charge in [0.05, 0.1) is 0 Å². The molecule has 0 saturated carbocycles. The van der Waals surface area contributed by atoms with Gasteiger partial charge in [-0.1, -0.05) is 42.5 Å². The van der Waals surface area contributed by atoms with Crippen molar-refractivity contribution in [3.05, 3.63) is 66.5 Å². The number of fused-ring (bicyclic) bond motifs is 1. The number of rotatable bonds is 2. The van der Waals surface area contributed by atoms with E-state index in [0.29, 0.717) is 16.5 Å². The molecule has 1 nitrogen and oxygen atoms in total. The van der Waals surface area contributed by atoms with Gasteiger partial charge in [-0.3, -0.25) is 0 Å². The van der Waals surface area contributed by atoms with Gasteiger partial charge in [0.15, 0.2) is 0 Å². The lowest BCUT2D eigenvalue weighted by atomic mass is 9.98. The van der Waals surface area contributed by atoms with Crippen LogP contribution < -0.4 is 4.74 Å². The molecule has 0 N–H and O–H groups in total. The second kappa shape index (κ2) is 5.33. The van der Waals surface area contributed by atoms with E-state index in [-0.39, 0.29) is 11.6 Å². The molecule has 0 radical (unpaired) electrons. The Bertz CT molecular complexity index is 802. The van der Waals surface area contributed by atoms with Crippen LogP contribution in [-0.4, -0.2) is 6.36 Å². The van der Waals surface area contributed by atoms with Crippen molar-refractivity contribution in [1.29, 1.82) is 0 Å². The van der Waals surface area contributed by atoms with Crippen LogP contribution in [0.2, 0.25) is 0 Å². The van der Waals surface area contributed by atoms with E-state index in [9.17, 15) is 17.6 Å². The predicted octanol–water partition coefficient (Wildman–Crippen LogP) is 5.54. The Morgan fingerprint density at radius 2 is 1.41 bits per heavy atom. The number of hydrogen-bond acceptors (Lipinski definition) is 1. The fourth-order valence-electron chi connectivity index (χ4n) is 2.37. The van der Waals surface area contributed by atoms with Crippen molar-refractivity contribution in [1.82, 2.24) is 0 Å². The molecule has 3 rings (SSSR count). The minimum Gasteiger partial charge on any atom is -0.406 e. The molecule has 0 aliphatic carbocycles. The summed E-state index contributed by atoms with van der Waals surface area (Å²) in [6.45, 7) is 0. The van der Waals surface area contributed by atoms with Crippen LogP contribution in [-0.2, 0) is 0 Å². The fraction of sp³-hybridized carbons (Fsp3) is 0.0588. The first-order valence-corrected chi connectivity index (χ1v) is 6.47. The molecule has 0 aliphatic heterocycles. The van der Waals surface area contributed by atoms with Gasteiger partial charge in [0.1, 0.15) is 11.6 Å². The molecule has 0 amide bonds. The van der Waals surface area contributed by atoms with Crippen LogP contribution in [0.5, 0.6) is 5.75 Å². The summed E-state index contributed by atoms with van der Waals surface area (Å²) in [4.78, 5) is 0. The second-order valence-electron chi connectivity index (χ2n) is 4.72. The Morgan fingerprint density at radius 1 is 0.773 bits per heavy atom. The molecule has 112 valence electrons. The highest BCUT2D eigenvalue weighted by Crippen LogP contribution is 2.32. The van der Waals surface area contributed by atoms with Crippen molar-refractivity contribution >= 4 is 10.8 Å². The highest BCUT2D eigenvalue weighted by atomic mass is 19.4. The summed E-state index contributed by atoms with van der Waals surface area (Å²) in [7, 11) is 0. The molecular formula is C17H10F4O. The van der Waals surface area contributed by atoms with Gasteiger partial charge in [-0.2, -0.15) is 0 Å². The molecular weight excluding hydrogens is 296 g/mol. The average molecular weight is 306 g/mol. The molecule has 3 aromatic carbocycles. The molecule has 0 aliphatic rings. The van der Waals surface area contributed by atoms with Gasteiger partial charge >= 0.3 is 6.36 Å². The Hall–Kier alpha value is -2.56. The smallest absolute Gasteiger partial charge is 0.406 e. The van der Waals surface area contributed by atoms with Gasteiger partial charge in [-0.25, -0.2) is 4.39 Å². The molecule has 0 heterocycles. The van der Waals surface area contributed by atoms with E-state index in [0.717, 1.165) is 5.39 Å². The van der Waals surface area contributed by atoms with Crippen molar-refractivity contribution in [2.45, 2.75) is 6.36 Å². The molecule has 3 aromatic rings. The van der Waals surface area contributed by atoms with Crippen molar-refractivity contribution in [3.63, 3.8) is 0 Å².